The monoisotopic (exact) mass is 865 g/mol. The molecule has 0 aromatic rings. The second kappa shape index (κ2) is 52.7. The molecule has 0 aliphatic heterocycles. The van der Waals surface area contributed by atoms with Gasteiger partial charge < -0.3 is 14.2 Å². The second-order valence-electron chi connectivity index (χ2n) is 17.4. The molecule has 0 heterocycles. The Bertz CT molecular complexity index is 1110. The molecule has 0 aliphatic carbocycles. The minimum atomic E-state index is -0.563. The van der Waals surface area contributed by atoms with Crippen molar-refractivity contribution in [2.45, 2.75) is 258 Å². The molecule has 0 bridgehead atoms. The van der Waals surface area contributed by atoms with Crippen LogP contribution in [0.1, 0.15) is 252 Å². The van der Waals surface area contributed by atoms with Gasteiger partial charge in [0.05, 0.1) is 6.61 Å². The number of hydrogen-bond acceptors (Lipinski definition) is 5. The number of hydrogen-bond donors (Lipinski definition) is 0. The normalized spacial score (nSPS) is 12.8. The van der Waals surface area contributed by atoms with Gasteiger partial charge in [-0.3, -0.25) is 9.59 Å². The zero-order valence-corrected chi connectivity index (χ0v) is 41.1. The van der Waals surface area contributed by atoms with Crippen molar-refractivity contribution < 1.29 is 23.8 Å². The molecular formula is C57H100O5. The number of allylic oxidation sites excluding steroid dienone is 12. The first-order valence-corrected chi connectivity index (χ1v) is 26.5. The van der Waals surface area contributed by atoms with Crippen molar-refractivity contribution in [3.8, 4) is 0 Å². The van der Waals surface area contributed by atoms with Crippen LogP contribution in [0.5, 0.6) is 0 Å². The molecular weight excluding hydrogens is 765 g/mol. The van der Waals surface area contributed by atoms with Gasteiger partial charge in [-0.2, -0.15) is 0 Å². The lowest BCUT2D eigenvalue weighted by Crippen LogP contribution is -2.30. The SMILES string of the molecule is CC/C=C\C/C=C\C/C=C\CCCCCCCC(=O)OC[C@@H](COCCCCCCCCCCCCCCCCCC)OC(=O)CCCC/C=C\C/C=C\C/C=C\CCCCC. The summed E-state index contributed by atoms with van der Waals surface area (Å²) in [7, 11) is 0. The zero-order chi connectivity index (χ0) is 44.9. The molecule has 0 saturated carbocycles. The summed E-state index contributed by atoms with van der Waals surface area (Å²) in [4.78, 5) is 25.4. The molecule has 0 aromatic heterocycles. The van der Waals surface area contributed by atoms with Gasteiger partial charge in [0.1, 0.15) is 6.61 Å². The molecule has 0 saturated heterocycles. The lowest BCUT2D eigenvalue weighted by atomic mass is 10.0. The number of unbranched alkanes of at least 4 members (excludes halogenated alkanes) is 25. The quantitative estimate of drug-likeness (QED) is 0.0346. The Balaban J connectivity index is 4.34. The summed E-state index contributed by atoms with van der Waals surface area (Å²) < 4.78 is 17.4. The van der Waals surface area contributed by atoms with E-state index in [1.54, 1.807) is 0 Å². The summed E-state index contributed by atoms with van der Waals surface area (Å²) in [5.41, 5.74) is 0. The average molecular weight is 865 g/mol. The fourth-order valence-electron chi connectivity index (χ4n) is 7.30. The summed E-state index contributed by atoms with van der Waals surface area (Å²) in [5.74, 6) is -0.455. The molecule has 5 heteroatoms. The van der Waals surface area contributed by atoms with Crippen molar-refractivity contribution >= 4 is 11.9 Å². The minimum absolute atomic E-state index is 0.0609. The van der Waals surface area contributed by atoms with Crippen LogP contribution >= 0.6 is 0 Å². The van der Waals surface area contributed by atoms with E-state index in [1.165, 1.54) is 128 Å². The Morgan fingerprint density at radius 2 is 0.726 bits per heavy atom. The van der Waals surface area contributed by atoms with Crippen LogP contribution in [0.15, 0.2) is 72.9 Å². The van der Waals surface area contributed by atoms with Crippen molar-refractivity contribution in [3.63, 3.8) is 0 Å². The maximum atomic E-state index is 12.8. The van der Waals surface area contributed by atoms with Gasteiger partial charge in [-0.1, -0.05) is 222 Å². The Morgan fingerprint density at radius 3 is 1.23 bits per heavy atom. The first-order chi connectivity index (χ1) is 30.6. The van der Waals surface area contributed by atoms with Crippen molar-refractivity contribution in [1.82, 2.24) is 0 Å². The van der Waals surface area contributed by atoms with E-state index in [4.69, 9.17) is 14.2 Å². The molecule has 0 N–H and O–H groups in total. The number of carbonyl (C=O) groups is 2. The molecule has 358 valence electrons. The van der Waals surface area contributed by atoms with Crippen LogP contribution in [0.3, 0.4) is 0 Å². The lowest BCUT2D eigenvalue weighted by molar-refractivity contribution is -0.163. The topological polar surface area (TPSA) is 61.8 Å². The van der Waals surface area contributed by atoms with E-state index in [0.717, 1.165) is 89.9 Å². The third-order valence-corrected chi connectivity index (χ3v) is 11.2. The van der Waals surface area contributed by atoms with E-state index in [2.05, 4.69) is 93.7 Å². The van der Waals surface area contributed by atoms with E-state index in [9.17, 15) is 9.59 Å². The molecule has 0 radical (unpaired) electrons. The van der Waals surface area contributed by atoms with Gasteiger partial charge in [0.25, 0.3) is 0 Å². The average Bonchev–Trinajstić information content (AvgIpc) is 3.27. The summed E-state index contributed by atoms with van der Waals surface area (Å²) in [5, 5.41) is 0. The lowest BCUT2D eigenvalue weighted by Gasteiger charge is -2.18. The van der Waals surface area contributed by atoms with Crippen LogP contribution in [-0.4, -0.2) is 37.9 Å². The Hall–Kier alpha value is -2.66. The van der Waals surface area contributed by atoms with E-state index >= 15 is 0 Å². The predicted octanol–water partition coefficient (Wildman–Crippen LogP) is 17.9. The van der Waals surface area contributed by atoms with Gasteiger partial charge in [-0.15, -0.1) is 0 Å². The van der Waals surface area contributed by atoms with Gasteiger partial charge in [0, 0.05) is 19.4 Å². The molecule has 62 heavy (non-hydrogen) atoms. The molecule has 0 unspecified atom stereocenters. The summed E-state index contributed by atoms with van der Waals surface area (Å²) in [6, 6.07) is 0. The molecule has 0 fully saturated rings. The molecule has 0 aliphatic rings. The van der Waals surface area contributed by atoms with Crippen molar-refractivity contribution in [1.29, 1.82) is 0 Å². The van der Waals surface area contributed by atoms with Crippen LogP contribution in [0.4, 0.5) is 0 Å². The molecule has 0 spiro atoms. The summed E-state index contributed by atoms with van der Waals surface area (Å²) >= 11 is 0. The highest BCUT2D eigenvalue weighted by Crippen LogP contribution is 2.15. The first-order valence-electron chi connectivity index (χ1n) is 26.5. The third-order valence-electron chi connectivity index (χ3n) is 11.2. The molecule has 0 aromatic carbocycles. The number of carbonyl (C=O) groups excluding carboxylic acids is 2. The Labute approximate surface area is 385 Å². The molecule has 0 amide bonds. The molecule has 1 atom stereocenters. The highest BCUT2D eigenvalue weighted by molar-refractivity contribution is 5.70. The highest BCUT2D eigenvalue weighted by Gasteiger charge is 2.17. The number of esters is 2. The second-order valence-corrected chi connectivity index (χ2v) is 17.4. The number of rotatable bonds is 48. The first kappa shape index (κ1) is 59.3. The standard InChI is InChI=1S/C57H100O5/c1-4-7-10-13-16-19-22-25-28-31-34-37-40-43-46-49-52-60-53-55(62-57(59)51-48-45-42-39-36-33-30-27-24-21-18-15-12-9-6-3)54-61-56(58)50-47-44-41-38-35-32-29-26-23-20-17-14-11-8-5-2/h8,11,17-18,20-21,26-27,29-30,36,39,55H,4-7,9-10,12-16,19,22-25,28,31-35,37-38,40-54H2,1-3H3/b11-8-,20-17-,21-18-,29-26-,30-27-,39-36-/t55-/m1/s1. The van der Waals surface area contributed by atoms with Gasteiger partial charge in [-0.25, -0.2) is 0 Å². The van der Waals surface area contributed by atoms with Gasteiger partial charge in [0.15, 0.2) is 6.10 Å². The van der Waals surface area contributed by atoms with E-state index < -0.39 is 6.10 Å². The van der Waals surface area contributed by atoms with Crippen molar-refractivity contribution in [3.05, 3.63) is 72.9 Å². The Kier molecular flexibility index (Phi) is 50.4. The van der Waals surface area contributed by atoms with E-state index in [0.29, 0.717) is 19.4 Å². The largest absolute Gasteiger partial charge is 0.462 e. The smallest absolute Gasteiger partial charge is 0.306 e. The predicted molar refractivity (Wildman–Crippen MR) is 270 cm³/mol. The fourth-order valence-corrected chi connectivity index (χ4v) is 7.30. The zero-order valence-electron chi connectivity index (χ0n) is 41.1. The minimum Gasteiger partial charge on any atom is -0.462 e. The molecule has 5 nitrogen and oxygen atoms in total. The highest BCUT2D eigenvalue weighted by atomic mass is 16.6. The van der Waals surface area contributed by atoms with Crippen molar-refractivity contribution in [2.24, 2.45) is 0 Å². The summed E-state index contributed by atoms with van der Waals surface area (Å²) in [6.45, 7) is 7.65. The van der Waals surface area contributed by atoms with Crippen LogP contribution in [-0.2, 0) is 23.8 Å². The van der Waals surface area contributed by atoms with Crippen LogP contribution in [0.2, 0.25) is 0 Å². The Morgan fingerprint density at radius 1 is 0.371 bits per heavy atom. The van der Waals surface area contributed by atoms with Gasteiger partial charge >= 0.3 is 11.9 Å². The summed E-state index contributed by atoms with van der Waals surface area (Å²) in [6.07, 6.45) is 67.7. The van der Waals surface area contributed by atoms with Crippen LogP contribution < -0.4 is 0 Å². The maximum Gasteiger partial charge on any atom is 0.306 e. The number of ether oxygens (including phenoxy) is 3. The maximum absolute atomic E-state index is 12.8. The third kappa shape index (κ3) is 50.0. The molecule has 0 rings (SSSR count). The van der Waals surface area contributed by atoms with E-state index in [-0.39, 0.29) is 25.2 Å². The van der Waals surface area contributed by atoms with E-state index in [1.807, 2.05) is 0 Å². The van der Waals surface area contributed by atoms with Crippen LogP contribution in [0.25, 0.3) is 0 Å². The van der Waals surface area contributed by atoms with Crippen LogP contribution in [0, 0.1) is 0 Å². The van der Waals surface area contributed by atoms with Crippen molar-refractivity contribution in [2.75, 3.05) is 19.8 Å². The van der Waals surface area contributed by atoms with Gasteiger partial charge in [0.2, 0.25) is 0 Å². The fraction of sp³-hybridized carbons (Fsp3) is 0.754. The van der Waals surface area contributed by atoms with Gasteiger partial charge in [-0.05, 0) is 89.9 Å².